The van der Waals surface area contributed by atoms with Crippen LogP contribution in [0.2, 0.25) is 5.02 Å². The zero-order chi connectivity index (χ0) is 18.9. The lowest BCUT2D eigenvalue weighted by Gasteiger charge is -2.68. The van der Waals surface area contributed by atoms with Gasteiger partial charge < -0.3 is 15.0 Å². The lowest BCUT2D eigenvalue weighted by Crippen LogP contribution is -2.73. The highest BCUT2D eigenvalue weighted by molar-refractivity contribution is 6.34. The molecule has 7 nitrogen and oxygen atoms in total. The number of hydrogen-bond acceptors (Lipinski definition) is 5. The molecule has 4 fully saturated rings. The molecule has 3 aliphatic carbocycles. The van der Waals surface area contributed by atoms with Crippen molar-refractivity contribution in [2.75, 3.05) is 38.2 Å². The minimum absolute atomic E-state index is 0.111. The normalized spacial score (nSPS) is 29.0. The van der Waals surface area contributed by atoms with Gasteiger partial charge in [-0.3, -0.25) is 4.68 Å². The molecule has 4 aliphatic rings. The third-order valence-electron chi connectivity index (χ3n) is 6.78. The second-order valence-corrected chi connectivity index (χ2v) is 8.85. The van der Waals surface area contributed by atoms with Crippen LogP contribution < -0.4 is 10.2 Å². The van der Waals surface area contributed by atoms with Gasteiger partial charge in [-0.1, -0.05) is 11.6 Å². The van der Waals surface area contributed by atoms with Gasteiger partial charge in [0.2, 0.25) is 0 Å². The molecule has 3 saturated carbocycles. The summed E-state index contributed by atoms with van der Waals surface area (Å²) >= 11 is 6.59. The average molecular weight is 399 g/mol. The Hall–Kier alpha value is -2.09. The van der Waals surface area contributed by atoms with Crippen molar-refractivity contribution in [2.24, 2.45) is 0 Å². The molecule has 2 aromatic heterocycles. The van der Waals surface area contributed by atoms with Crippen molar-refractivity contribution in [1.29, 1.82) is 0 Å². The highest BCUT2D eigenvalue weighted by Crippen LogP contribution is 2.66. The van der Waals surface area contributed by atoms with Crippen molar-refractivity contribution in [3.8, 4) is 5.69 Å². The molecule has 1 aliphatic heterocycles. The van der Waals surface area contributed by atoms with Crippen LogP contribution in [0.3, 0.4) is 0 Å². The molecule has 0 spiro atoms. The third kappa shape index (κ3) is 2.24. The third-order valence-corrected chi connectivity index (χ3v) is 7.08. The zero-order valence-electron chi connectivity index (χ0n) is 15.9. The summed E-state index contributed by atoms with van der Waals surface area (Å²) < 4.78 is 9.71. The smallest absolute Gasteiger partial charge is 0.103 e. The summed E-state index contributed by atoms with van der Waals surface area (Å²) in [5.74, 6) is 0. The maximum absolute atomic E-state index is 6.59. The fourth-order valence-electron chi connectivity index (χ4n) is 5.17. The first kappa shape index (κ1) is 16.8. The standard InChI is InChI=1S/C20H23ClN6O/c1-28-20-11-19(12-20,13-20)26-10-15(9-23-26)27-17-7-18(25-4-2-22-3-5-25)16(21)6-14(17)8-24-27/h6-10,22H,2-5,11-13H2,1H3. The largest absolute Gasteiger partial charge is 0.378 e. The van der Waals surface area contributed by atoms with Crippen molar-refractivity contribution >= 4 is 28.2 Å². The summed E-state index contributed by atoms with van der Waals surface area (Å²) in [5.41, 5.74) is 3.38. The minimum atomic E-state index is 0.111. The predicted molar refractivity (Wildman–Crippen MR) is 109 cm³/mol. The van der Waals surface area contributed by atoms with Crippen LogP contribution in [0.5, 0.6) is 0 Å². The number of halogens is 1. The molecular formula is C20H23ClN6O. The van der Waals surface area contributed by atoms with Crippen LogP contribution in [-0.4, -0.2) is 58.5 Å². The molecule has 0 amide bonds. The van der Waals surface area contributed by atoms with E-state index < -0.39 is 0 Å². The molecular weight excluding hydrogens is 376 g/mol. The molecule has 3 heterocycles. The molecule has 8 heteroatoms. The van der Waals surface area contributed by atoms with E-state index in [1.807, 2.05) is 30.3 Å². The number of fused-ring (bicyclic) bond motifs is 1. The van der Waals surface area contributed by atoms with E-state index in [0.717, 1.165) is 72.7 Å². The maximum Gasteiger partial charge on any atom is 0.103 e. The van der Waals surface area contributed by atoms with Gasteiger partial charge in [-0.25, -0.2) is 4.68 Å². The quantitative estimate of drug-likeness (QED) is 0.732. The highest BCUT2D eigenvalue weighted by Gasteiger charge is 2.70. The van der Waals surface area contributed by atoms with Crippen molar-refractivity contribution in [3.05, 3.63) is 35.7 Å². The molecule has 0 unspecified atom stereocenters. The SMILES string of the molecule is COC12CC(n3cc(-n4ncc5cc(Cl)c(N6CCNCC6)cc54)cn3)(C1)C2. The van der Waals surface area contributed by atoms with Crippen LogP contribution in [0.1, 0.15) is 19.3 Å². The molecule has 146 valence electrons. The number of aromatic nitrogens is 4. The number of hydrogen-bond donors (Lipinski definition) is 1. The topological polar surface area (TPSA) is 60.1 Å². The number of ether oxygens (including phenoxy) is 1. The number of nitrogens with one attached hydrogen (secondary N) is 1. The maximum atomic E-state index is 6.59. The predicted octanol–water partition coefficient (Wildman–Crippen LogP) is 2.56. The molecule has 0 atom stereocenters. The summed E-state index contributed by atoms with van der Waals surface area (Å²) in [5, 5.41) is 14.5. The second kappa shape index (κ2) is 5.72. The van der Waals surface area contributed by atoms with E-state index in [-0.39, 0.29) is 11.1 Å². The van der Waals surface area contributed by atoms with Crippen molar-refractivity contribution in [1.82, 2.24) is 24.9 Å². The molecule has 1 saturated heterocycles. The first-order chi connectivity index (χ1) is 13.6. The Kier molecular flexibility index (Phi) is 3.44. The Morgan fingerprint density at radius 3 is 2.64 bits per heavy atom. The van der Waals surface area contributed by atoms with Crippen LogP contribution in [0.25, 0.3) is 16.6 Å². The van der Waals surface area contributed by atoms with Gasteiger partial charge in [0.15, 0.2) is 0 Å². The average Bonchev–Trinajstić information content (AvgIpc) is 3.27. The Morgan fingerprint density at radius 2 is 1.89 bits per heavy atom. The summed E-state index contributed by atoms with van der Waals surface area (Å²) in [6.07, 6.45) is 9.07. The fraction of sp³-hybridized carbons (Fsp3) is 0.500. The van der Waals surface area contributed by atoms with Gasteiger partial charge in [-0.2, -0.15) is 10.2 Å². The molecule has 0 radical (unpaired) electrons. The van der Waals surface area contributed by atoms with Crippen molar-refractivity contribution < 1.29 is 4.74 Å². The second-order valence-electron chi connectivity index (χ2n) is 8.44. The summed E-state index contributed by atoms with van der Waals surface area (Å²) in [6.45, 7) is 3.87. The van der Waals surface area contributed by atoms with E-state index in [2.05, 4.69) is 37.4 Å². The van der Waals surface area contributed by atoms with E-state index >= 15 is 0 Å². The molecule has 7 rings (SSSR count). The van der Waals surface area contributed by atoms with Crippen LogP contribution in [0, 0.1) is 0 Å². The lowest BCUT2D eigenvalue weighted by atomic mass is 9.46. The number of nitrogens with zero attached hydrogens (tertiary/aromatic N) is 5. The number of methoxy groups -OCH3 is 1. The number of anilines is 1. The fourth-order valence-corrected chi connectivity index (χ4v) is 5.47. The number of rotatable bonds is 4. The van der Waals surface area contributed by atoms with Crippen molar-refractivity contribution in [2.45, 2.75) is 30.4 Å². The first-order valence-electron chi connectivity index (χ1n) is 9.85. The van der Waals surface area contributed by atoms with Crippen LogP contribution >= 0.6 is 11.6 Å². The van der Waals surface area contributed by atoms with E-state index in [1.54, 1.807) is 0 Å². The summed E-state index contributed by atoms with van der Waals surface area (Å²) in [4.78, 5) is 2.34. The number of benzene rings is 1. The van der Waals surface area contributed by atoms with E-state index in [0.29, 0.717) is 0 Å². The van der Waals surface area contributed by atoms with Crippen LogP contribution in [0.15, 0.2) is 30.7 Å². The monoisotopic (exact) mass is 398 g/mol. The van der Waals surface area contributed by atoms with Gasteiger partial charge in [0.05, 0.1) is 46.0 Å². The Morgan fingerprint density at radius 1 is 1.11 bits per heavy atom. The lowest BCUT2D eigenvalue weighted by molar-refractivity contribution is -0.265. The summed E-state index contributed by atoms with van der Waals surface area (Å²) in [7, 11) is 1.81. The van der Waals surface area contributed by atoms with Crippen LogP contribution in [-0.2, 0) is 10.3 Å². The molecule has 3 aromatic rings. The van der Waals surface area contributed by atoms with E-state index in [1.165, 1.54) is 0 Å². The molecule has 1 N–H and O–H groups in total. The van der Waals surface area contributed by atoms with Crippen molar-refractivity contribution in [3.63, 3.8) is 0 Å². The van der Waals surface area contributed by atoms with Gasteiger partial charge in [-0.15, -0.1) is 0 Å². The molecule has 1 aromatic carbocycles. The van der Waals surface area contributed by atoms with E-state index in [9.17, 15) is 0 Å². The first-order valence-corrected chi connectivity index (χ1v) is 10.2. The zero-order valence-corrected chi connectivity index (χ0v) is 16.6. The summed E-state index contributed by atoms with van der Waals surface area (Å²) in [6, 6.07) is 4.18. The Labute approximate surface area is 168 Å². The van der Waals surface area contributed by atoms with Gasteiger partial charge in [0, 0.05) is 57.9 Å². The van der Waals surface area contributed by atoms with E-state index in [4.69, 9.17) is 16.3 Å². The van der Waals surface area contributed by atoms with Gasteiger partial charge in [-0.05, 0) is 12.1 Å². The van der Waals surface area contributed by atoms with Gasteiger partial charge in [0.1, 0.15) is 5.69 Å². The molecule has 2 bridgehead atoms. The minimum Gasteiger partial charge on any atom is -0.378 e. The Bertz CT molecular complexity index is 1050. The van der Waals surface area contributed by atoms with Gasteiger partial charge in [0.25, 0.3) is 0 Å². The number of piperazine rings is 1. The Balaban J connectivity index is 1.36. The molecule has 28 heavy (non-hydrogen) atoms. The van der Waals surface area contributed by atoms with Gasteiger partial charge >= 0.3 is 0 Å². The van der Waals surface area contributed by atoms with Crippen LogP contribution in [0.4, 0.5) is 5.69 Å². The highest BCUT2D eigenvalue weighted by atomic mass is 35.5.